The number of hydrogen-bond acceptors (Lipinski definition) is 4. The quantitative estimate of drug-likeness (QED) is 0.798. The first-order valence-electron chi connectivity index (χ1n) is 5.89. The van der Waals surface area contributed by atoms with Crippen molar-refractivity contribution in [3.05, 3.63) is 0 Å². The Labute approximate surface area is 103 Å². The summed E-state index contributed by atoms with van der Waals surface area (Å²) >= 11 is 0. The monoisotopic (exact) mass is 262 g/mol. The van der Waals surface area contributed by atoms with Crippen LogP contribution in [0, 0.1) is 10.7 Å². The first-order chi connectivity index (χ1) is 7.68. The van der Waals surface area contributed by atoms with E-state index in [4.69, 9.17) is 9.52 Å². The molecule has 1 saturated heterocycles. The van der Waals surface area contributed by atoms with Gasteiger partial charge in [0.2, 0.25) is 0 Å². The summed E-state index contributed by atoms with van der Waals surface area (Å²) in [5.41, 5.74) is -0.480. The lowest BCUT2D eigenvalue weighted by molar-refractivity contribution is 0.0518. The predicted molar refractivity (Wildman–Crippen MR) is 67.6 cm³/mol. The van der Waals surface area contributed by atoms with E-state index in [9.17, 15) is 9.00 Å². The Morgan fingerprint density at radius 2 is 1.94 bits per heavy atom. The fraction of sp³-hybridized carbons (Fsp3) is 0.909. The van der Waals surface area contributed by atoms with Crippen LogP contribution in [0.4, 0.5) is 4.79 Å². The topological polar surface area (TPSA) is 79.2 Å². The summed E-state index contributed by atoms with van der Waals surface area (Å²) in [5.74, 6) is 1.23. The van der Waals surface area contributed by atoms with E-state index in [1.807, 2.05) is 20.8 Å². The molecular formula is C11H22N2O3S. The molecule has 0 aromatic rings. The number of amides is 1. The van der Waals surface area contributed by atoms with Crippen molar-refractivity contribution < 1.29 is 13.7 Å². The third-order valence-electron chi connectivity index (χ3n) is 2.65. The van der Waals surface area contributed by atoms with Crippen molar-refractivity contribution in [2.24, 2.45) is 5.92 Å². The van der Waals surface area contributed by atoms with Gasteiger partial charge in [-0.1, -0.05) is 0 Å². The first-order valence-corrected chi connectivity index (χ1v) is 7.79. The molecule has 0 unspecified atom stereocenters. The van der Waals surface area contributed by atoms with Crippen molar-refractivity contribution in [2.45, 2.75) is 39.2 Å². The number of hydrogen-bond donors (Lipinski definition) is 2. The third kappa shape index (κ3) is 5.91. The first kappa shape index (κ1) is 14.3. The summed E-state index contributed by atoms with van der Waals surface area (Å²) in [6, 6.07) is 0. The molecule has 1 aliphatic rings. The molecule has 0 aromatic carbocycles. The molecule has 2 N–H and O–H groups in total. The van der Waals surface area contributed by atoms with E-state index in [0.717, 1.165) is 12.8 Å². The minimum absolute atomic E-state index is 0.322. The zero-order chi connectivity index (χ0) is 13.1. The van der Waals surface area contributed by atoms with Crippen LogP contribution in [0.25, 0.3) is 0 Å². The molecule has 0 aromatic heterocycles. The van der Waals surface area contributed by atoms with Crippen LogP contribution in [-0.4, -0.2) is 34.0 Å². The van der Waals surface area contributed by atoms with E-state index in [2.05, 4.69) is 5.32 Å². The lowest BCUT2D eigenvalue weighted by Gasteiger charge is -2.25. The number of nitrogens with one attached hydrogen (secondary N) is 2. The van der Waals surface area contributed by atoms with Crippen LogP contribution in [0.1, 0.15) is 33.6 Å². The third-order valence-corrected chi connectivity index (χ3v) is 4.44. The molecule has 5 nitrogen and oxygen atoms in total. The Hall–Kier alpha value is -0.780. The summed E-state index contributed by atoms with van der Waals surface area (Å²) in [5, 5.41) is 2.72. The molecule has 1 aliphatic heterocycles. The zero-order valence-corrected chi connectivity index (χ0v) is 11.6. The number of rotatable bonds is 2. The molecule has 0 spiro atoms. The van der Waals surface area contributed by atoms with Gasteiger partial charge in [-0.25, -0.2) is 9.00 Å². The van der Waals surface area contributed by atoms with Crippen LogP contribution >= 0.6 is 0 Å². The molecule has 0 aliphatic carbocycles. The number of ether oxygens (including phenoxy) is 1. The van der Waals surface area contributed by atoms with Gasteiger partial charge in [-0.2, -0.15) is 0 Å². The minimum Gasteiger partial charge on any atom is -0.444 e. The van der Waals surface area contributed by atoms with Gasteiger partial charge in [0.25, 0.3) is 0 Å². The Bertz CT molecular complexity index is 357. The highest BCUT2D eigenvalue weighted by molar-refractivity contribution is 7.92. The maximum atomic E-state index is 11.4. The predicted octanol–water partition coefficient (Wildman–Crippen LogP) is 1.97. The van der Waals surface area contributed by atoms with E-state index in [0.29, 0.717) is 24.0 Å². The second-order valence-corrected chi connectivity index (χ2v) is 7.99. The van der Waals surface area contributed by atoms with Crippen molar-refractivity contribution in [3.8, 4) is 0 Å². The van der Waals surface area contributed by atoms with Gasteiger partial charge < -0.3 is 10.1 Å². The largest absolute Gasteiger partial charge is 0.444 e. The molecule has 6 heteroatoms. The summed E-state index contributed by atoms with van der Waals surface area (Å²) < 4.78 is 24.0. The van der Waals surface area contributed by atoms with Crippen LogP contribution in [0.5, 0.6) is 0 Å². The van der Waals surface area contributed by atoms with Gasteiger partial charge in [-0.3, -0.25) is 4.78 Å². The Morgan fingerprint density at radius 3 is 2.41 bits per heavy atom. The van der Waals surface area contributed by atoms with E-state index in [1.165, 1.54) is 0 Å². The van der Waals surface area contributed by atoms with Crippen molar-refractivity contribution in [2.75, 3.05) is 18.1 Å². The fourth-order valence-corrected chi connectivity index (χ4v) is 3.34. The second-order valence-electron chi connectivity index (χ2n) is 5.55. The SMILES string of the molecule is CC(C)(C)OC(=O)NCC1CCS(=N)(=O)CC1. The molecule has 17 heavy (non-hydrogen) atoms. The molecule has 0 radical (unpaired) electrons. The smallest absolute Gasteiger partial charge is 0.407 e. The van der Waals surface area contributed by atoms with Crippen LogP contribution in [0.3, 0.4) is 0 Å². The molecule has 0 bridgehead atoms. The molecule has 1 heterocycles. The van der Waals surface area contributed by atoms with Gasteiger partial charge in [0.1, 0.15) is 5.60 Å². The van der Waals surface area contributed by atoms with Gasteiger partial charge >= 0.3 is 6.09 Å². The minimum atomic E-state index is -2.33. The van der Waals surface area contributed by atoms with Gasteiger partial charge in [0, 0.05) is 27.8 Å². The second kappa shape index (κ2) is 5.25. The maximum absolute atomic E-state index is 11.4. The molecule has 1 rings (SSSR count). The van der Waals surface area contributed by atoms with E-state index < -0.39 is 21.4 Å². The Balaban J connectivity index is 2.26. The molecule has 0 atom stereocenters. The summed E-state index contributed by atoms with van der Waals surface area (Å²) in [4.78, 5) is 11.4. The van der Waals surface area contributed by atoms with Crippen LogP contribution in [-0.2, 0) is 14.5 Å². The summed E-state index contributed by atoms with van der Waals surface area (Å²) in [6.07, 6.45) is 1.09. The van der Waals surface area contributed by atoms with E-state index >= 15 is 0 Å². The van der Waals surface area contributed by atoms with Crippen molar-refractivity contribution in [1.82, 2.24) is 5.32 Å². The average Bonchev–Trinajstić information content (AvgIpc) is 2.13. The lowest BCUT2D eigenvalue weighted by atomic mass is 10.0. The van der Waals surface area contributed by atoms with Crippen molar-refractivity contribution >= 4 is 15.8 Å². The van der Waals surface area contributed by atoms with E-state index in [1.54, 1.807) is 0 Å². The van der Waals surface area contributed by atoms with E-state index in [-0.39, 0.29) is 0 Å². The highest BCUT2D eigenvalue weighted by Gasteiger charge is 2.22. The molecular weight excluding hydrogens is 240 g/mol. The highest BCUT2D eigenvalue weighted by Crippen LogP contribution is 2.18. The highest BCUT2D eigenvalue weighted by atomic mass is 32.2. The molecule has 1 fully saturated rings. The van der Waals surface area contributed by atoms with Crippen molar-refractivity contribution in [1.29, 1.82) is 4.78 Å². The summed E-state index contributed by atoms with van der Waals surface area (Å²) in [7, 11) is -2.33. The maximum Gasteiger partial charge on any atom is 0.407 e. The Kier molecular flexibility index (Phi) is 4.41. The van der Waals surface area contributed by atoms with Crippen LogP contribution in [0.2, 0.25) is 0 Å². The number of alkyl carbamates (subject to hydrolysis) is 1. The Morgan fingerprint density at radius 1 is 1.41 bits per heavy atom. The van der Waals surface area contributed by atoms with Gasteiger partial charge in [0.05, 0.1) is 0 Å². The number of carbonyl (C=O) groups is 1. The number of carbonyl (C=O) groups excluding carboxylic acids is 1. The van der Waals surface area contributed by atoms with Crippen LogP contribution < -0.4 is 5.32 Å². The molecule has 1 amide bonds. The average molecular weight is 262 g/mol. The summed E-state index contributed by atoms with van der Waals surface area (Å²) in [6.45, 7) is 6.01. The standard InChI is InChI=1S/C11H22N2O3S/c1-11(2,3)16-10(14)13-8-9-4-6-17(12,15)7-5-9/h9,12H,4-8H2,1-3H3,(H,13,14). The van der Waals surface area contributed by atoms with Gasteiger partial charge in [-0.05, 0) is 39.5 Å². The molecule has 100 valence electrons. The van der Waals surface area contributed by atoms with Gasteiger partial charge in [0.15, 0.2) is 0 Å². The van der Waals surface area contributed by atoms with Crippen molar-refractivity contribution in [3.63, 3.8) is 0 Å². The molecule has 0 saturated carbocycles. The normalized spacial score (nSPS) is 29.7. The van der Waals surface area contributed by atoms with Gasteiger partial charge in [-0.15, -0.1) is 0 Å². The fourth-order valence-electron chi connectivity index (χ4n) is 1.71. The lowest BCUT2D eigenvalue weighted by Crippen LogP contribution is -2.37. The van der Waals surface area contributed by atoms with Crippen LogP contribution in [0.15, 0.2) is 0 Å². The zero-order valence-electron chi connectivity index (χ0n) is 10.7.